The van der Waals surface area contributed by atoms with Crippen molar-refractivity contribution >= 4 is 5.97 Å². The van der Waals surface area contributed by atoms with Gasteiger partial charge in [0.25, 0.3) is 0 Å². The molecule has 1 saturated carbocycles. The standard InChI is InChI=1S/C13H15F2NO3/c1-18-8-3-2-4-9(7-8)19-13(17)10-5-6-16-12(15)11(10)14/h5-6,8-9H,2-4,7H2,1H3. The van der Waals surface area contributed by atoms with Gasteiger partial charge in [0.2, 0.25) is 5.95 Å². The average molecular weight is 271 g/mol. The van der Waals surface area contributed by atoms with Gasteiger partial charge in [-0.15, -0.1) is 0 Å². The molecule has 104 valence electrons. The number of carbonyl (C=O) groups excluding carboxylic acids is 1. The SMILES string of the molecule is COC1CCCC(OC(=O)c2ccnc(F)c2F)C1. The third-order valence-corrected chi connectivity index (χ3v) is 3.25. The van der Waals surface area contributed by atoms with Gasteiger partial charge >= 0.3 is 5.97 Å². The van der Waals surface area contributed by atoms with Crippen molar-refractivity contribution in [2.75, 3.05) is 7.11 Å². The highest BCUT2D eigenvalue weighted by Crippen LogP contribution is 2.24. The topological polar surface area (TPSA) is 48.4 Å². The Morgan fingerprint density at radius 3 is 2.84 bits per heavy atom. The van der Waals surface area contributed by atoms with Crippen LogP contribution in [-0.4, -0.2) is 30.3 Å². The maximum atomic E-state index is 13.4. The van der Waals surface area contributed by atoms with E-state index in [0.29, 0.717) is 12.8 Å². The number of rotatable bonds is 3. The molecular weight excluding hydrogens is 256 g/mol. The van der Waals surface area contributed by atoms with Crippen molar-refractivity contribution in [3.63, 3.8) is 0 Å². The summed E-state index contributed by atoms with van der Waals surface area (Å²) in [6.45, 7) is 0. The molecule has 2 rings (SSSR count). The van der Waals surface area contributed by atoms with Gasteiger partial charge in [0.1, 0.15) is 11.7 Å². The first kappa shape index (κ1) is 13.9. The minimum Gasteiger partial charge on any atom is -0.459 e. The van der Waals surface area contributed by atoms with Crippen molar-refractivity contribution in [3.05, 3.63) is 29.6 Å². The number of nitrogens with zero attached hydrogens (tertiary/aromatic N) is 1. The van der Waals surface area contributed by atoms with Gasteiger partial charge in [-0.1, -0.05) is 0 Å². The van der Waals surface area contributed by atoms with Crippen LogP contribution in [0.5, 0.6) is 0 Å². The van der Waals surface area contributed by atoms with Crippen LogP contribution >= 0.6 is 0 Å². The van der Waals surface area contributed by atoms with Gasteiger partial charge in [-0.05, 0) is 25.3 Å². The normalized spacial score (nSPS) is 23.1. The zero-order valence-electron chi connectivity index (χ0n) is 10.6. The Labute approximate surface area is 109 Å². The second-order valence-electron chi connectivity index (χ2n) is 4.51. The molecule has 0 spiro atoms. The summed E-state index contributed by atoms with van der Waals surface area (Å²) in [5.41, 5.74) is -0.424. The summed E-state index contributed by atoms with van der Waals surface area (Å²) in [6.07, 6.45) is 3.85. The number of carbonyl (C=O) groups is 1. The van der Waals surface area contributed by atoms with Crippen LogP contribution in [-0.2, 0) is 9.47 Å². The Balaban J connectivity index is 2.02. The average Bonchev–Trinajstić information content (AvgIpc) is 2.42. The number of ether oxygens (including phenoxy) is 2. The van der Waals surface area contributed by atoms with E-state index in [4.69, 9.17) is 9.47 Å². The highest BCUT2D eigenvalue weighted by molar-refractivity contribution is 5.89. The molecule has 0 saturated heterocycles. The smallest absolute Gasteiger partial charge is 0.341 e. The lowest BCUT2D eigenvalue weighted by atomic mass is 9.95. The molecule has 1 aromatic rings. The third kappa shape index (κ3) is 3.26. The molecule has 0 aromatic carbocycles. The van der Waals surface area contributed by atoms with Gasteiger partial charge in [0.15, 0.2) is 5.82 Å². The molecule has 1 aliphatic carbocycles. The quantitative estimate of drug-likeness (QED) is 0.626. The van der Waals surface area contributed by atoms with E-state index in [-0.39, 0.29) is 12.2 Å². The Kier molecular flexibility index (Phi) is 4.42. The molecule has 2 unspecified atom stereocenters. The van der Waals surface area contributed by atoms with Crippen molar-refractivity contribution in [2.45, 2.75) is 37.9 Å². The van der Waals surface area contributed by atoms with Crippen molar-refractivity contribution in [2.24, 2.45) is 0 Å². The summed E-state index contributed by atoms with van der Waals surface area (Å²) >= 11 is 0. The molecule has 0 aliphatic heterocycles. The number of hydrogen-bond acceptors (Lipinski definition) is 4. The predicted molar refractivity (Wildman–Crippen MR) is 62.6 cm³/mol. The number of hydrogen-bond donors (Lipinski definition) is 0. The second kappa shape index (κ2) is 6.06. The molecule has 0 amide bonds. The van der Waals surface area contributed by atoms with Crippen LogP contribution in [0.2, 0.25) is 0 Å². The molecule has 6 heteroatoms. The van der Waals surface area contributed by atoms with Gasteiger partial charge in [-0.3, -0.25) is 0 Å². The zero-order chi connectivity index (χ0) is 13.8. The summed E-state index contributed by atoms with van der Waals surface area (Å²) in [4.78, 5) is 14.9. The summed E-state index contributed by atoms with van der Waals surface area (Å²) in [5, 5.41) is 0. The van der Waals surface area contributed by atoms with Crippen molar-refractivity contribution in [1.29, 1.82) is 0 Å². The van der Waals surface area contributed by atoms with Crippen LogP contribution in [0.15, 0.2) is 12.3 Å². The van der Waals surface area contributed by atoms with Gasteiger partial charge in [-0.2, -0.15) is 4.39 Å². The first-order chi connectivity index (χ1) is 9.11. The molecule has 1 aromatic heterocycles. The first-order valence-corrected chi connectivity index (χ1v) is 6.15. The lowest BCUT2D eigenvalue weighted by molar-refractivity contribution is -0.0152. The number of halogens is 2. The number of aromatic nitrogens is 1. The summed E-state index contributed by atoms with van der Waals surface area (Å²) < 4.78 is 36.7. The fourth-order valence-electron chi connectivity index (χ4n) is 2.21. The largest absolute Gasteiger partial charge is 0.459 e. The van der Waals surface area contributed by atoms with Crippen molar-refractivity contribution in [1.82, 2.24) is 4.98 Å². The molecule has 1 aliphatic rings. The second-order valence-corrected chi connectivity index (χ2v) is 4.51. The summed E-state index contributed by atoms with van der Waals surface area (Å²) in [5.74, 6) is -3.43. The minimum absolute atomic E-state index is 0.0468. The Hall–Kier alpha value is -1.56. The van der Waals surface area contributed by atoms with Crippen LogP contribution in [0.25, 0.3) is 0 Å². The Morgan fingerprint density at radius 1 is 1.37 bits per heavy atom. The first-order valence-electron chi connectivity index (χ1n) is 6.15. The van der Waals surface area contributed by atoms with E-state index >= 15 is 0 Å². The monoisotopic (exact) mass is 271 g/mol. The summed E-state index contributed by atoms with van der Waals surface area (Å²) in [7, 11) is 1.60. The van der Waals surface area contributed by atoms with Crippen LogP contribution in [0.1, 0.15) is 36.0 Å². The van der Waals surface area contributed by atoms with Crippen LogP contribution < -0.4 is 0 Å². The molecular formula is C13H15F2NO3. The van der Waals surface area contributed by atoms with Crippen molar-refractivity contribution < 1.29 is 23.0 Å². The van der Waals surface area contributed by atoms with E-state index in [9.17, 15) is 13.6 Å². The molecule has 0 radical (unpaired) electrons. The molecule has 2 atom stereocenters. The number of pyridine rings is 1. The van der Waals surface area contributed by atoms with Crippen LogP contribution in [0.3, 0.4) is 0 Å². The molecule has 0 N–H and O–H groups in total. The van der Waals surface area contributed by atoms with Gasteiger partial charge in [0.05, 0.1) is 6.10 Å². The summed E-state index contributed by atoms with van der Waals surface area (Å²) in [6, 6.07) is 1.11. The lowest BCUT2D eigenvalue weighted by Crippen LogP contribution is -2.29. The fourth-order valence-corrected chi connectivity index (χ4v) is 2.21. The van der Waals surface area contributed by atoms with E-state index in [1.165, 1.54) is 0 Å². The van der Waals surface area contributed by atoms with E-state index in [2.05, 4.69) is 4.98 Å². The number of esters is 1. The van der Waals surface area contributed by atoms with E-state index < -0.39 is 23.3 Å². The fraction of sp³-hybridized carbons (Fsp3) is 0.538. The Bertz CT molecular complexity index is 467. The lowest BCUT2D eigenvalue weighted by Gasteiger charge is -2.27. The van der Waals surface area contributed by atoms with Gasteiger partial charge in [-0.25, -0.2) is 14.2 Å². The zero-order valence-corrected chi connectivity index (χ0v) is 10.6. The minimum atomic E-state index is -1.30. The molecule has 1 fully saturated rings. The van der Waals surface area contributed by atoms with Gasteiger partial charge < -0.3 is 9.47 Å². The van der Waals surface area contributed by atoms with E-state index in [1.807, 2.05) is 0 Å². The third-order valence-electron chi connectivity index (χ3n) is 3.25. The molecule has 4 nitrogen and oxygen atoms in total. The van der Waals surface area contributed by atoms with Crippen LogP contribution in [0, 0.1) is 11.8 Å². The maximum absolute atomic E-state index is 13.4. The van der Waals surface area contributed by atoms with E-state index in [0.717, 1.165) is 25.1 Å². The number of methoxy groups -OCH3 is 1. The highest BCUT2D eigenvalue weighted by atomic mass is 19.2. The molecule has 0 bridgehead atoms. The van der Waals surface area contributed by atoms with Gasteiger partial charge in [0, 0.05) is 19.7 Å². The highest BCUT2D eigenvalue weighted by Gasteiger charge is 2.26. The predicted octanol–water partition coefficient (Wildman–Crippen LogP) is 2.47. The molecule has 1 heterocycles. The van der Waals surface area contributed by atoms with Crippen molar-refractivity contribution in [3.8, 4) is 0 Å². The molecule has 19 heavy (non-hydrogen) atoms. The maximum Gasteiger partial charge on any atom is 0.341 e. The van der Waals surface area contributed by atoms with E-state index in [1.54, 1.807) is 7.11 Å². The van der Waals surface area contributed by atoms with Crippen LogP contribution in [0.4, 0.5) is 8.78 Å². The Morgan fingerprint density at radius 2 is 2.11 bits per heavy atom.